The van der Waals surface area contributed by atoms with E-state index in [-0.39, 0.29) is 51.4 Å². The van der Waals surface area contributed by atoms with Crippen LogP contribution in [0.2, 0.25) is 0 Å². The van der Waals surface area contributed by atoms with Gasteiger partial charge in [0.2, 0.25) is 10.4 Å². The minimum absolute atomic E-state index is 0. The number of hydrogen-bond acceptors (Lipinski definition) is 5. The summed E-state index contributed by atoms with van der Waals surface area (Å²) < 4.78 is 32.8. The first-order valence-electron chi connectivity index (χ1n) is 2.45. The van der Waals surface area contributed by atoms with Gasteiger partial charge in [-0.25, -0.2) is 18.0 Å². The van der Waals surface area contributed by atoms with Gasteiger partial charge in [-0.1, -0.05) is 0 Å². The molecule has 8 nitrogen and oxygen atoms in total. The van der Waals surface area contributed by atoms with Crippen LogP contribution in [0.15, 0.2) is 12.2 Å². The van der Waals surface area contributed by atoms with Crippen molar-refractivity contribution < 1.29 is 88.7 Å². The van der Waals surface area contributed by atoms with Gasteiger partial charge in [0.05, 0.1) is 0 Å². The molecule has 0 aromatic heterocycles. The van der Waals surface area contributed by atoms with Crippen molar-refractivity contribution in [3.63, 3.8) is 0 Å². The molecule has 10 heteroatoms. The molecule has 0 aliphatic heterocycles. The molecule has 0 aromatic carbocycles. The summed E-state index contributed by atoms with van der Waals surface area (Å²) in [5.41, 5.74) is 0. The largest absolute Gasteiger partial charge is 1.00 e. The van der Waals surface area contributed by atoms with Crippen LogP contribution >= 0.6 is 0 Å². The van der Waals surface area contributed by atoms with Crippen molar-refractivity contribution in [2.45, 2.75) is 0 Å². The third-order valence-electron chi connectivity index (χ3n) is 0.368. The molecule has 0 amide bonds. The van der Waals surface area contributed by atoms with Crippen molar-refractivity contribution in [1.29, 1.82) is 0 Å². The smallest absolute Gasteiger partial charge is 0.726 e. The Morgan fingerprint density at radius 1 is 1.07 bits per heavy atom. The maximum Gasteiger partial charge on any atom is 1.00 e. The van der Waals surface area contributed by atoms with Crippen molar-refractivity contribution in [2.75, 3.05) is 0 Å². The van der Waals surface area contributed by atoms with Crippen LogP contribution in [0.1, 0.15) is 0 Å². The van der Waals surface area contributed by atoms with Gasteiger partial charge in [-0.15, -0.1) is 0 Å². The van der Waals surface area contributed by atoms with Gasteiger partial charge in [-0.2, -0.15) is 0 Å². The van der Waals surface area contributed by atoms with E-state index >= 15 is 0 Å². The Labute approximate surface area is 122 Å². The van der Waals surface area contributed by atoms with Gasteiger partial charge >= 0.3 is 63.3 Å². The normalized spacial score (nSPS) is 9.57. The van der Waals surface area contributed by atoms with Crippen LogP contribution in [-0.2, 0) is 20.0 Å². The van der Waals surface area contributed by atoms with Gasteiger partial charge in [0, 0.05) is 12.2 Å². The molecule has 3 N–H and O–H groups in total. The van der Waals surface area contributed by atoms with E-state index in [1.54, 1.807) is 0 Å². The van der Waals surface area contributed by atoms with Crippen LogP contribution in [0.4, 0.5) is 0 Å². The van der Waals surface area contributed by atoms with Crippen molar-refractivity contribution in [3.05, 3.63) is 12.2 Å². The van der Waals surface area contributed by atoms with Gasteiger partial charge in [-0.3, -0.25) is 4.55 Å². The van der Waals surface area contributed by atoms with Crippen LogP contribution in [0, 0.1) is 0 Å². The molecule has 0 spiro atoms. The maximum atomic E-state index is 9.55. The first-order valence-corrected chi connectivity index (χ1v) is 3.81. The Kier molecular flexibility index (Phi) is 13.7. The van der Waals surface area contributed by atoms with Gasteiger partial charge in [0.15, 0.2) is 0 Å². The zero-order valence-electron chi connectivity index (χ0n) is 6.95. The SMILES string of the molecule is O=C(O)/C=C/C(=O)O.O=S(=O)([O-])O.[K+]. The summed E-state index contributed by atoms with van der Waals surface area (Å²) in [6.07, 6.45) is 1.12. The Balaban J connectivity index is -0.000000177. The fourth-order valence-electron chi connectivity index (χ4n) is 0.143. The van der Waals surface area contributed by atoms with Crippen molar-refractivity contribution >= 4 is 22.3 Å². The Morgan fingerprint density at radius 2 is 1.21 bits per heavy atom. The fraction of sp³-hybridized carbons (Fsp3) is 0. The number of carbonyl (C=O) groups is 2. The molecule has 0 aromatic rings. The molecule has 0 fully saturated rings. The van der Waals surface area contributed by atoms with E-state index in [9.17, 15) is 9.59 Å². The summed E-state index contributed by atoms with van der Waals surface area (Å²) in [5, 5.41) is 15.6. The molecule has 14 heavy (non-hydrogen) atoms. The minimum atomic E-state index is -4.92. The molecule has 0 aliphatic rings. The third-order valence-corrected chi connectivity index (χ3v) is 0.368. The second-order valence-electron chi connectivity index (χ2n) is 1.44. The average molecular weight is 252 g/mol. The molecule has 0 aliphatic carbocycles. The quantitative estimate of drug-likeness (QED) is 0.193. The topological polar surface area (TPSA) is 152 Å². The van der Waals surface area contributed by atoms with Gasteiger partial charge in [0.25, 0.3) is 0 Å². The van der Waals surface area contributed by atoms with Gasteiger partial charge in [-0.05, 0) is 0 Å². The van der Waals surface area contributed by atoms with Crippen LogP contribution in [0.3, 0.4) is 0 Å². The van der Waals surface area contributed by atoms with E-state index in [0.29, 0.717) is 12.2 Å². The first-order chi connectivity index (χ1) is 5.63. The zero-order valence-corrected chi connectivity index (χ0v) is 10.9. The fourth-order valence-corrected chi connectivity index (χ4v) is 0.143. The van der Waals surface area contributed by atoms with Gasteiger partial charge in [0.1, 0.15) is 0 Å². The Hall–Kier alpha value is 0.186. The van der Waals surface area contributed by atoms with Crippen LogP contribution in [0.5, 0.6) is 0 Å². The molecule has 0 unspecified atom stereocenters. The maximum absolute atomic E-state index is 9.55. The van der Waals surface area contributed by atoms with Crippen molar-refractivity contribution in [1.82, 2.24) is 0 Å². The van der Waals surface area contributed by atoms with E-state index in [1.807, 2.05) is 0 Å². The van der Waals surface area contributed by atoms with E-state index in [0.717, 1.165) is 0 Å². The van der Waals surface area contributed by atoms with E-state index < -0.39 is 22.3 Å². The summed E-state index contributed by atoms with van der Waals surface area (Å²) in [5.74, 6) is -2.51. The Morgan fingerprint density at radius 3 is 1.29 bits per heavy atom. The van der Waals surface area contributed by atoms with Crippen molar-refractivity contribution in [3.8, 4) is 0 Å². The van der Waals surface area contributed by atoms with Crippen LogP contribution < -0.4 is 51.4 Å². The monoisotopic (exact) mass is 252 g/mol. The first kappa shape index (κ1) is 19.7. The summed E-state index contributed by atoms with van der Waals surface area (Å²) >= 11 is 0. The molecule has 0 radical (unpaired) electrons. The molecule has 76 valence electrons. The molecule has 0 saturated carbocycles. The number of carboxylic acids is 2. The zero-order chi connectivity index (χ0) is 11.1. The average Bonchev–Trinajstić information content (AvgIpc) is 1.79. The molecule has 0 rings (SSSR count). The van der Waals surface area contributed by atoms with E-state index in [4.69, 9.17) is 27.7 Å². The third kappa shape index (κ3) is 56.7. The molecule has 0 heterocycles. The molecule has 0 atom stereocenters. The molecule has 0 saturated heterocycles. The predicted octanol–water partition coefficient (Wildman–Crippen LogP) is -4.28. The van der Waals surface area contributed by atoms with E-state index in [1.165, 1.54) is 0 Å². The molecular weight excluding hydrogens is 247 g/mol. The second kappa shape index (κ2) is 9.73. The standard InChI is InChI=1S/C4H4O4.K.H2O4S/c5-3(6)1-2-4(7)8;;1-5(2,3)4/h1-2H,(H,5,6)(H,7,8);;(H2,1,2,3,4)/q;+1;/p-1/b2-1+;;. The molecule has 0 bridgehead atoms. The molecular formula is C4H5KO8S. The van der Waals surface area contributed by atoms with Crippen LogP contribution in [-0.4, -0.2) is 39.7 Å². The minimum Gasteiger partial charge on any atom is -0.726 e. The van der Waals surface area contributed by atoms with Gasteiger partial charge < -0.3 is 14.8 Å². The van der Waals surface area contributed by atoms with Crippen molar-refractivity contribution in [2.24, 2.45) is 0 Å². The van der Waals surface area contributed by atoms with Crippen LogP contribution in [0.25, 0.3) is 0 Å². The number of carboxylic acid groups (broad SMARTS) is 2. The number of aliphatic carboxylic acids is 2. The Bertz CT molecular complexity index is 279. The second-order valence-corrected chi connectivity index (χ2v) is 2.29. The predicted molar refractivity (Wildman–Crippen MR) is 36.7 cm³/mol. The summed E-state index contributed by atoms with van der Waals surface area (Å²) in [7, 11) is -4.92. The summed E-state index contributed by atoms with van der Waals surface area (Å²) in [4.78, 5) is 19.1. The number of hydrogen-bond donors (Lipinski definition) is 3. The van der Waals surface area contributed by atoms with E-state index in [2.05, 4.69) is 0 Å². The summed E-state index contributed by atoms with van der Waals surface area (Å²) in [6, 6.07) is 0. The summed E-state index contributed by atoms with van der Waals surface area (Å²) in [6.45, 7) is 0. The number of rotatable bonds is 2.